The third kappa shape index (κ3) is 4.02. The second-order valence-corrected chi connectivity index (χ2v) is 6.35. The monoisotopic (exact) mass is 364 g/mol. The molecule has 2 saturated heterocycles. The van der Waals surface area contributed by atoms with Crippen LogP contribution < -0.4 is 5.32 Å². The minimum Gasteiger partial charge on any atom is -0.445 e. The summed E-state index contributed by atoms with van der Waals surface area (Å²) in [6.07, 6.45) is -0.849. The van der Waals surface area contributed by atoms with Crippen molar-refractivity contribution in [1.82, 2.24) is 15.1 Å². The fraction of sp³-hybridized carbons (Fsp3) is 0.500. The van der Waals surface area contributed by atoms with Gasteiger partial charge in [-0.1, -0.05) is 0 Å². The Hall–Kier alpha value is -2.88. The van der Waals surface area contributed by atoms with Gasteiger partial charge < -0.3 is 25.0 Å². The molecule has 0 radical (unpaired) electrons. The zero-order chi connectivity index (χ0) is 18.7. The number of likely N-dealkylation sites (tertiary alicyclic amines) is 1. The Bertz CT molecular complexity index is 694. The van der Waals surface area contributed by atoms with E-state index in [9.17, 15) is 24.8 Å². The van der Waals surface area contributed by atoms with E-state index in [1.54, 1.807) is 4.90 Å². The minimum absolute atomic E-state index is 0.0274. The molecule has 0 bridgehead atoms. The molecule has 1 aromatic carbocycles. The lowest BCUT2D eigenvalue weighted by Gasteiger charge is -2.27. The molecule has 0 aliphatic carbocycles. The minimum atomic E-state index is -0.655. The molecule has 2 fully saturated rings. The smallest absolute Gasteiger partial charge is 0.410 e. The molecular weight excluding hydrogens is 344 g/mol. The number of carbonyl (C=O) groups excluding carboxylic acids is 2. The zero-order valence-electron chi connectivity index (χ0n) is 14.0. The number of aliphatic hydroxyl groups excluding tert-OH is 1. The number of ether oxygens (including phenoxy) is 1. The summed E-state index contributed by atoms with van der Waals surface area (Å²) in [6.45, 7) is 1.60. The Labute approximate surface area is 149 Å². The number of benzene rings is 1. The number of aliphatic hydroxyl groups is 1. The van der Waals surface area contributed by atoms with Crippen molar-refractivity contribution in [2.24, 2.45) is 0 Å². The van der Waals surface area contributed by atoms with Gasteiger partial charge >= 0.3 is 12.1 Å². The van der Waals surface area contributed by atoms with Crippen LogP contribution >= 0.6 is 0 Å². The van der Waals surface area contributed by atoms with Gasteiger partial charge in [-0.2, -0.15) is 0 Å². The molecule has 0 saturated carbocycles. The van der Waals surface area contributed by atoms with Gasteiger partial charge in [0.1, 0.15) is 6.61 Å². The summed E-state index contributed by atoms with van der Waals surface area (Å²) >= 11 is 0. The average Bonchev–Trinajstić information content (AvgIpc) is 3.19. The third-order valence-electron chi connectivity index (χ3n) is 4.51. The first-order chi connectivity index (χ1) is 12.4. The number of nitro groups is 1. The van der Waals surface area contributed by atoms with Crippen LogP contribution in [-0.2, 0) is 11.3 Å². The highest BCUT2D eigenvalue weighted by molar-refractivity contribution is 5.76. The molecule has 10 nitrogen and oxygen atoms in total. The highest BCUT2D eigenvalue weighted by Gasteiger charge is 2.37. The molecular formula is C16H20N4O6. The van der Waals surface area contributed by atoms with Crippen molar-refractivity contribution < 1.29 is 24.4 Å². The standard InChI is InChI=1S/C16H20N4O6/c21-14-7-13(8-18-6-5-17-15(18)22)19(9-14)16(23)26-10-11-1-3-12(4-2-11)20(24)25/h1-4,13-14,21H,5-10H2,(H,17,22)/t13-,14+/m0/s1. The number of amides is 3. The van der Waals surface area contributed by atoms with Gasteiger partial charge in [-0.25, -0.2) is 9.59 Å². The summed E-state index contributed by atoms with van der Waals surface area (Å²) in [7, 11) is 0. The number of rotatable bonds is 5. The van der Waals surface area contributed by atoms with E-state index in [1.165, 1.54) is 29.2 Å². The van der Waals surface area contributed by atoms with Crippen LogP contribution in [0, 0.1) is 10.1 Å². The normalized spacial score (nSPS) is 22.4. The van der Waals surface area contributed by atoms with E-state index in [0.717, 1.165) is 0 Å². The van der Waals surface area contributed by atoms with Crippen LogP contribution in [0.5, 0.6) is 0 Å². The van der Waals surface area contributed by atoms with Gasteiger partial charge in [0.05, 0.1) is 23.6 Å². The number of nitrogens with zero attached hydrogens (tertiary/aromatic N) is 3. The summed E-state index contributed by atoms with van der Waals surface area (Å²) in [5.74, 6) is 0. The Morgan fingerprint density at radius 2 is 2.12 bits per heavy atom. The molecule has 0 aromatic heterocycles. The van der Waals surface area contributed by atoms with Crippen LogP contribution in [0.3, 0.4) is 0 Å². The number of carbonyl (C=O) groups is 2. The largest absolute Gasteiger partial charge is 0.445 e. The first kappa shape index (κ1) is 17.9. The number of non-ortho nitro benzene ring substituents is 1. The van der Waals surface area contributed by atoms with Crippen LogP contribution in [0.15, 0.2) is 24.3 Å². The second-order valence-electron chi connectivity index (χ2n) is 6.35. The van der Waals surface area contributed by atoms with Gasteiger partial charge in [-0.3, -0.25) is 10.1 Å². The van der Waals surface area contributed by atoms with Crippen LogP contribution in [0.4, 0.5) is 15.3 Å². The summed E-state index contributed by atoms with van der Waals surface area (Å²) in [5.41, 5.74) is 0.589. The molecule has 0 spiro atoms. The van der Waals surface area contributed by atoms with Crippen molar-refractivity contribution in [3.8, 4) is 0 Å². The van der Waals surface area contributed by atoms with Crippen molar-refractivity contribution in [3.63, 3.8) is 0 Å². The van der Waals surface area contributed by atoms with Crippen molar-refractivity contribution in [1.29, 1.82) is 0 Å². The van der Waals surface area contributed by atoms with Crippen molar-refractivity contribution >= 4 is 17.8 Å². The zero-order valence-corrected chi connectivity index (χ0v) is 14.0. The van der Waals surface area contributed by atoms with Crippen LogP contribution in [0.25, 0.3) is 0 Å². The average molecular weight is 364 g/mol. The lowest BCUT2D eigenvalue weighted by Crippen LogP contribution is -2.44. The Kier molecular flexibility index (Phi) is 5.21. The van der Waals surface area contributed by atoms with E-state index in [4.69, 9.17) is 4.74 Å². The number of hydrogen-bond acceptors (Lipinski definition) is 6. The van der Waals surface area contributed by atoms with Gasteiger partial charge in [0.15, 0.2) is 0 Å². The van der Waals surface area contributed by atoms with Gasteiger partial charge in [0.25, 0.3) is 5.69 Å². The lowest BCUT2D eigenvalue weighted by atomic mass is 10.2. The maximum Gasteiger partial charge on any atom is 0.410 e. The Morgan fingerprint density at radius 1 is 1.38 bits per heavy atom. The highest BCUT2D eigenvalue weighted by Crippen LogP contribution is 2.21. The fourth-order valence-corrected chi connectivity index (χ4v) is 3.17. The molecule has 3 rings (SSSR count). The number of nitro benzene ring substituents is 1. The SMILES string of the molecule is O=C1NCCN1C[C@@H]1C[C@@H](O)CN1C(=O)OCc1ccc([N+](=O)[O-])cc1. The predicted molar refractivity (Wildman–Crippen MR) is 89.4 cm³/mol. The fourth-order valence-electron chi connectivity index (χ4n) is 3.17. The first-order valence-corrected chi connectivity index (χ1v) is 8.31. The molecule has 2 aliphatic heterocycles. The van der Waals surface area contributed by atoms with Gasteiger partial charge in [-0.15, -0.1) is 0 Å². The Balaban J connectivity index is 1.56. The number of nitrogens with one attached hydrogen (secondary N) is 1. The van der Waals surface area contributed by atoms with E-state index in [0.29, 0.717) is 31.6 Å². The summed E-state index contributed by atoms with van der Waals surface area (Å²) in [5, 5.41) is 23.2. The molecule has 10 heteroatoms. The Morgan fingerprint density at radius 3 is 2.73 bits per heavy atom. The molecule has 1 aromatic rings. The topological polar surface area (TPSA) is 125 Å². The van der Waals surface area contributed by atoms with Crippen molar-refractivity contribution in [2.45, 2.75) is 25.2 Å². The molecule has 2 aliphatic rings. The molecule has 0 unspecified atom stereocenters. The summed E-state index contributed by atoms with van der Waals surface area (Å²) in [4.78, 5) is 37.2. The van der Waals surface area contributed by atoms with Crippen molar-refractivity contribution in [3.05, 3.63) is 39.9 Å². The molecule has 140 valence electrons. The van der Waals surface area contributed by atoms with Crippen LogP contribution in [-0.4, -0.2) is 70.3 Å². The van der Waals surface area contributed by atoms with Crippen LogP contribution in [0.2, 0.25) is 0 Å². The van der Waals surface area contributed by atoms with Gasteiger partial charge in [0, 0.05) is 31.8 Å². The highest BCUT2D eigenvalue weighted by atomic mass is 16.6. The molecule has 3 amide bonds. The van der Waals surface area contributed by atoms with Crippen LogP contribution in [0.1, 0.15) is 12.0 Å². The van der Waals surface area contributed by atoms with Gasteiger partial charge in [-0.05, 0) is 24.1 Å². The molecule has 26 heavy (non-hydrogen) atoms. The maximum absolute atomic E-state index is 12.4. The third-order valence-corrected chi connectivity index (χ3v) is 4.51. The maximum atomic E-state index is 12.4. The first-order valence-electron chi connectivity index (χ1n) is 8.31. The second kappa shape index (κ2) is 7.56. The molecule has 2 heterocycles. The van der Waals surface area contributed by atoms with Crippen molar-refractivity contribution in [2.75, 3.05) is 26.2 Å². The summed E-state index contributed by atoms with van der Waals surface area (Å²) in [6, 6.07) is 5.26. The van der Waals surface area contributed by atoms with E-state index in [2.05, 4.69) is 5.32 Å². The van der Waals surface area contributed by atoms with E-state index < -0.39 is 17.1 Å². The molecule has 2 N–H and O–H groups in total. The van der Waals surface area contributed by atoms with E-state index >= 15 is 0 Å². The van der Waals surface area contributed by atoms with Gasteiger partial charge in [0.2, 0.25) is 0 Å². The number of β-amino-alcohol motifs (C(OH)–C–C–N with tert-alkyl or cyclic N) is 1. The molecule has 2 atom stereocenters. The van der Waals surface area contributed by atoms with E-state index in [1.807, 2.05) is 0 Å². The number of urea groups is 1. The summed E-state index contributed by atoms with van der Waals surface area (Å²) < 4.78 is 5.27. The number of hydrogen-bond donors (Lipinski definition) is 2. The predicted octanol–water partition coefficient (Wildman–Crippen LogP) is 0.692. The van der Waals surface area contributed by atoms with E-state index in [-0.39, 0.29) is 30.9 Å². The quantitative estimate of drug-likeness (QED) is 0.585. The lowest BCUT2D eigenvalue weighted by molar-refractivity contribution is -0.384.